The second-order valence-corrected chi connectivity index (χ2v) is 6.27. The van der Waals surface area contributed by atoms with E-state index in [1.807, 2.05) is 30.3 Å². The summed E-state index contributed by atoms with van der Waals surface area (Å²) in [6, 6.07) is 12.9. The van der Waals surface area contributed by atoms with Crippen LogP contribution in [0.25, 0.3) is 0 Å². The van der Waals surface area contributed by atoms with Gasteiger partial charge in [0.1, 0.15) is 5.82 Å². The largest absolute Gasteiger partial charge is 0.381 e. The van der Waals surface area contributed by atoms with Crippen LogP contribution in [-0.4, -0.2) is 6.04 Å². The molecule has 1 atom stereocenters. The van der Waals surface area contributed by atoms with E-state index in [0.29, 0.717) is 0 Å². The first-order valence-electron chi connectivity index (χ1n) is 6.00. The fourth-order valence-corrected chi connectivity index (χ4v) is 3.06. The Balaban J connectivity index is 2.01. The van der Waals surface area contributed by atoms with E-state index in [-0.39, 0.29) is 11.9 Å². The normalized spacial score (nSPS) is 12.2. The minimum absolute atomic E-state index is 0.194. The molecule has 0 radical (unpaired) electrons. The van der Waals surface area contributed by atoms with Crippen LogP contribution in [-0.2, 0) is 6.42 Å². The van der Waals surface area contributed by atoms with Crippen molar-refractivity contribution < 1.29 is 4.39 Å². The van der Waals surface area contributed by atoms with E-state index in [0.717, 1.165) is 26.6 Å². The van der Waals surface area contributed by atoms with Gasteiger partial charge in [-0.2, -0.15) is 0 Å². The zero-order valence-corrected chi connectivity index (χ0v) is 13.6. The van der Waals surface area contributed by atoms with E-state index < -0.39 is 0 Å². The minimum atomic E-state index is -0.194. The summed E-state index contributed by atoms with van der Waals surface area (Å²) in [4.78, 5) is 0. The molecule has 0 aliphatic carbocycles. The Morgan fingerprint density at radius 3 is 2.42 bits per heavy atom. The summed E-state index contributed by atoms with van der Waals surface area (Å²) in [5, 5.41) is 3.44. The zero-order valence-electron chi connectivity index (χ0n) is 10.5. The molecule has 0 aliphatic rings. The van der Waals surface area contributed by atoms with Crippen LogP contribution in [0.2, 0.25) is 0 Å². The first kappa shape index (κ1) is 14.5. The lowest BCUT2D eigenvalue weighted by molar-refractivity contribution is 0.626. The lowest BCUT2D eigenvalue weighted by Crippen LogP contribution is -2.18. The van der Waals surface area contributed by atoms with E-state index in [1.54, 1.807) is 0 Å². The van der Waals surface area contributed by atoms with Crippen LogP contribution in [0, 0.1) is 5.82 Å². The summed E-state index contributed by atoms with van der Waals surface area (Å²) in [5.41, 5.74) is 2.17. The van der Waals surface area contributed by atoms with E-state index in [9.17, 15) is 4.39 Å². The van der Waals surface area contributed by atoms with E-state index in [1.165, 1.54) is 12.1 Å². The summed E-state index contributed by atoms with van der Waals surface area (Å²) in [7, 11) is 0. The standard InChI is InChI=1S/C15H14Br2FN/c1-10(8-11-2-5-13(18)6-3-11)19-15-7-4-12(16)9-14(15)17/h2-7,9-10,19H,8H2,1H3. The maximum Gasteiger partial charge on any atom is 0.123 e. The highest BCUT2D eigenvalue weighted by molar-refractivity contribution is 9.11. The van der Waals surface area contributed by atoms with Gasteiger partial charge in [0, 0.05) is 20.7 Å². The van der Waals surface area contributed by atoms with Gasteiger partial charge in [0.2, 0.25) is 0 Å². The third kappa shape index (κ3) is 4.32. The van der Waals surface area contributed by atoms with Gasteiger partial charge in [-0.3, -0.25) is 0 Å². The molecule has 2 aromatic rings. The fourth-order valence-electron chi connectivity index (χ4n) is 1.90. The summed E-state index contributed by atoms with van der Waals surface area (Å²) in [6.07, 6.45) is 0.850. The Morgan fingerprint density at radius 2 is 1.79 bits per heavy atom. The van der Waals surface area contributed by atoms with Crippen LogP contribution in [0.5, 0.6) is 0 Å². The fraction of sp³-hybridized carbons (Fsp3) is 0.200. The monoisotopic (exact) mass is 385 g/mol. The molecule has 1 N–H and O–H groups in total. The molecule has 0 amide bonds. The number of hydrogen-bond donors (Lipinski definition) is 1. The van der Waals surface area contributed by atoms with Gasteiger partial charge in [0.05, 0.1) is 0 Å². The van der Waals surface area contributed by atoms with Crippen molar-refractivity contribution >= 4 is 37.5 Å². The second-order valence-electron chi connectivity index (χ2n) is 4.50. The molecule has 0 aromatic heterocycles. The lowest BCUT2D eigenvalue weighted by atomic mass is 10.1. The molecule has 0 bridgehead atoms. The number of nitrogens with one attached hydrogen (secondary N) is 1. The highest BCUT2D eigenvalue weighted by Gasteiger charge is 2.06. The third-order valence-corrected chi connectivity index (χ3v) is 3.94. The van der Waals surface area contributed by atoms with Crippen LogP contribution in [0.15, 0.2) is 51.4 Å². The summed E-state index contributed by atoms with van der Waals surface area (Å²) in [6.45, 7) is 2.11. The van der Waals surface area contributed by atoms with Gasteiger partial charge in [-0.05, 0) is 65.2 Å². The van der Waals surface area contributed by atoms with Crippen molar-refractivity contribution in [2.24, 2.45) is 0 Å². The maximum absolute atomic E-state index is 12.8. The topological polar surface area (TPSA) is 12.0 Å². The van der Waals surface area contributed by atoms with Crippen LogP contribution >= 0.6 is 31.9 Å². The van der Waals surface area contributed by atoms with Crippen molar-refractivity contribution in [2.45, 2.75) is 19.4 Å². The van der Waals surface area contributed by atoms with Crippen molar-refractivity contribution in [3.8, 4) is 0 Å². The molecule has 2 aromatic carbocycles. The Morgan fingerprint density at radius 1 is 1.11 bits per heavy atom. The molecule has 100 valence electrons. The smallest absolute Gasteiger partial charge is 0.123 e. The Bertz CT molecular complexity index is 555. The van der Waals surface area contributed by atoms with E-state index in [2.05, 4.69) is 44.1 Å². The molecule has 0 heterocycles. The highest BCUT2D eigenvalue weighted by Crippen LogP contribution is 2.27. The average molecular weight is 387 g/mol. The van der Waals surface area contributed by atoms with Gasteiger partial charge < -0.3 is 5.32 Å². The lowest BCUT2D eigenvalue weighted by Gasteiger charge is -2.16. The van der Waals surface area contributed by atoms with E-state index in [4.69, 9.17) is 0 Å². The van der Waals surface area contributed by atoms with Crippen molar-refractivity contribution in [1.29, 1.82) is 0 Å². The molecule has 1 nitrogen and oxygen atoms in total. The summed E-state index contributed by atoms with van der Waals surface area (Å²) in [5.74, 6) is -0.194. The van der Waals surface area contributed by atoms with Crippen LogP contribution in [0.1, 0.15) is 12.5 Å². The van der Waals surface area contributed by atoms with Crippen LogP contribution in [0.3, 0.4) is 0 Å². The van der Waals surface area contributed by atoms with Crippen molar-refractivity contribution in [3.05, 3.63) is 62.8 Å². The Labute approximate surface area is 129 Å². The quantitative estimate of drug-likeness (QED) is 0.742. The van der Waals surface area contributed by atoms with Gasteiger partial charge in [0.25, 0.3) is 0 Å². The summed E-state index contributed by atoms with van der Waals surface area (Å²) >= 11 is 6.96. The highest BCUT2D eigenvalue weighted by atomic mass is 79.9. The first-order valence-corrected chi connectivity index (χ1v) is 7.59. The molecular weight excluding hydrogens is 373 g/mol. The Hall–Kier alpha value is -0.870. The number of anilines is 1. The molecule has 2 rings (SSSR count). The second kappa shape index (κ2) is 6.53. The molecule has 19 heavy (non-hydrogen) atoms. The molecule has 0 fully saturated rings. The first-order chi connectivity index (χ1) is 9.04. The molecule has 0 saturated heterocycles. The number of hydrogen-bond acceptors (Lipinski definition) is 1. The number of halogens is 3. The SMILES string of the molecule is CC(Cc1ccc(F)cc1)Nc1ccc(Br)cc1Br. The van der Waals surface area contributed by atoms with Crippen molar-refractivity contribution in [2.75, 3.05) is 5.32 Å². The molecule has 4 heteroatoms. The van der Waals surface area contributed by atoms with Crippen LogP contribution < -0.4 is 5.32 Å². The van der Waals surface area contributed by atoms with Gasteiger partial charge in [0.15, 0.2) is 0 Å². The zero-order chi connectivity index (χ0) is 13.8. The van der Waals surface area contributed by atoms with Gasteiger partial charge >= 0.3 is 0 Å². The van der Waals surface area contributed by atoms with Crippen molar-refractivity contribution in [3.63, 3.8) is 0 Å². The minimum Gasteiger partial charge on any atom is -0.381 e. The van der Waals surface area contributed by atoms with E-state index >= 15 is 0 Å². The van der Waals surface area contributed by atoms with Gasteiger partial charge in [-0.25, -0.2) is 4.39 Å². The number of benzene rings is 2. The third-order valence-electron chi connectivity index (χ3n) is 2.79. The average Bonchev–Trinajstić information content (AvgIpc) is 2.36. The number of rotatable bonds is 4. The summed E-state index contributed by atoms with van der Waals surface area (Å²) < 4.78 is 14.9. The Kier molecular flexibility index (Phi) is 4.99. The predicted molar refractivity (Wildman–Crippen MR) is 85.0 cm³/mol. The van der Waals surface area contributed by atoms with Gasteiger partial charge in [-0.1, -0.05) is 28.1 Å². The molecule has 0 aliphatic heterocycles. The molecule has 1 unspecified atom stereocenters. The van der Waals surface area contributed by atoms with Crippen molar-refractivity contribution in [1.82, 2.24) is 0 Å². The molecule has 0 saturated carbocycles. The predicted octanol–water partition coefficient (Wildman–Crippen LogP) is 5.39. The maximum atomic E-state index is 12.8. The van der Waals surface area contributed by atoms with Crippen LogP contribution in [0.4, 0.5) is 10.1 Å². The molecular formula is C15H14Br2FN. The molecule has 0 spiro atoms. The van der Waals surface area contributed by atoms with Gasteiger partial charge in [-0.15, -0.1) is 0 Å².